The van der Waals surface area contributed by atoms with Crippen molar-refractivity contribution in [3.63, 3.8) is 0 Å². The van der Waals surface area contributed by atoms with Gasteiger partial charge in [-0.15, -0.1) is 22.9 Å². The number of piperazine rings is 1. The highest BCUT2D eigenvalue weighted by atomic mass is 35.5. The highest BCUT2D eigenvalue weighted by Crippen LogP contribution is 2.40. The minimum Gasteiger partial charge on any atom is -0.352 e. The van der Waals surface area contributed by atoms with Crippen molar-refractivity contribution in [3.8, 4) is 0 Å². The number of hydrogen-bond acceptors (Lipinski definition) is 5. The second-order valence-electron chi connectivity index (χ2n) is 7.76. The molecular weight excluding hydrogens is 380 g/mol. The summed E-state index contributed by atoms with van der Waals surface area (Å²) in [4.78, 5) is 29.0. The zero-order valence-electron chi connectivity index (χ0n) is 16.1. The molecule has 3 heterocycles. The van der Waals surface area contributed by atoms with Crippen LogP contribution < -0.4 is 4.90 Å². The van der Waals surface area contributed by atoms with Crippen LogP contribution in [0.2, 0.25) is 0 Å². The smallest absolute Gasteiger partial charge is 0.223 e. The number of nitrogens with zero attached hydrogens (tertiary/aromatic N) is 4. The van der Waals surface area contributed by atoms with Gasteiger partial charge in [0.2, 0.25) is 5.91 Å². The van der Waals surface area contributed by atoms with Gasteiger partial charge in [0.1, 0.15) is 16.5 Å². The summed E-state index contributed by atoms with van der Waals surface area (Å²) >= 11 is 7.60. The van der Waals surface area contributed by atoms with E-state index in [1.807, 2.05) is 16.2 Å². The molecule has 2 aliphatic rings. The van der Waals surface area contributed by atoms with E-state index in [1.54, 1.807) is 0 Å². The second-order valence-corrected chi connectivity index (χ2v) is 9.22. The topological polar surface area (TPSA) is 49.3 Å². The number of carbonyl (C=O) groups is 1. The van der Waals surface area contributed by atoms with E-state index in [-0.39, 0.29) is 5.91 Å². The summed E-state index contributed by atoms with van der Waals surface area (Å²) < 4.78 is 0. The number of anilines is 1. The number of alkyl halides is 1. The molecule has 27 heavy (non-hydrogen) atoms. The van der Waals surface area contributed by atoms with Crippen molar-refractivity contribution in [1.82, 2.24) is 14.9 Å². The molecule has 0 saturated carbocycles. The molecule has 1 aliphatic carbocycles. The van der Waals surface area contributed by atoms with E-state index in [9.17, 15) is 4.79 Å². The Bertz CT molecular complexity index is 842. The summed E-state index contributed by atoms with van der Waals surface area (Å²) in [5.41, 5.74) is 1.48. The molecule has 4 rings (SSSR count). The number of thiophene rings is 1. The average molecular weight is 407 g/mol. The van der Waals surface area contributed by atoms with Gasteiger partial charge in [0, 0.05) is 49.3 Å². The average Bonchev–Trinajstić information content (AvgIpc) is 3.06. The van der Waals surface area contributed by atoms with Crippen molar-refractivity contribution >= 4 is 44.9 Å². The third kappa shape index (κ3) is 3.66. The molecule has 1 amide bonds. The molecule has 2 aromatic rings. The first kappa shape index (κ1) is 18.9. The number of aromatic nitrogens is 2. The molecule has 0 bridgehead atoms. The number of halogens is 1. The van der Waals surface area contributed by atoms with Gasteiger partial charge in [-0.3, -0.25) is 4.79 Å². The molecule has 146 valence electrons. The van der Waals surface area contributed by atoms with E-state index in [0.717, 1.165) is 49.1 Å². The first-order valence-electron chi connectivity index (χ1n) is 9.99. The van der Waals surface area contributed by atoms with Crippen LogP contribution in [0.1, 0.15) is 55.3 Å². The fraction of sp³-hybridized carbons (Fsp3) is 0.650. The fourth-order valence-corrected chi connectivity index (χ4v) is 5.47. The summed E-state index contributed by atoms with van der Waals surface area (Å²) in [5, 5.41) is 1.28. The number of hydrogen-bond donors (Lipinski definition) is 0. The number of amides is 1. The van der Waals surface area contributed by atoms with Crippen molar-refractivity contribution in [2.24, 2.45) is 0 Å². The predicted molar refractivity (Wildman–Crippen MR) is 112 cm³/mol. The molecule has 7 heteroatoms. The maximum absolute atomic E-state index is 12.1. The van der Waals surface area contributed by atoms with Crippen molar-refractivity contribution in [2.75, 3.05) is 37.0 Å². The number of fused-ring (bicyclic) bond motifs is 3. The zero-order chi connectivity index (χ0) is 19.0. The molecule has 0 unspecified atom stereocenters. The quantitative estimate of drug-likeness (QED) is 0.721. The summed E-state index contributed by atoms with van der Waals surface area (Å²) in [6.07, 6.45) is 5.27. The summed E-state index contributed by atoms with van der Waals surface area (Å²) in [5.74, 6) is 2.88. The first-order chi connectivity index (χ1) is 13.1. The van der Waals surface area contributed by atoms with Gasteiger partial charge < -0.3 is 9.80 Å². The van der Waals surface area contributed by atoms with Crippen molar-refractivity contribution in [3.05, 3.63) is 16.3 Å². The highest BCUT2D eigenvalue weighted by Gasteiger charge is 2.27. The van der Waals surface area contributed by atoms with Gasteiger partial charge in [-0.05, 0) is 31.2 Å². The second kappa shape index (κ2) is 7.92. The van der Waals surface area contributed by atoms with Crippen LogP contribution in [0.3, 0.4) is 0 Å². The van der Waals surface area contributed by atoms with Gasteiger partial charge in [0.15, 0.2) is 0 Å². The summed E-state index contributed by atoms with van der Waals surface area (Å²) in [6.45, 7) is 7.43. The predicted octanol–water partition coefficient (Wildman–Crippen LogP) is 3.97. The molecule has 0 N–H and O–H groups in total. The maximum Gasteiger partial charge on any atom is 0.223 e. The van der Waals surface area contributed by atoms with E-state index in [0.29, 0.717) is 18.2 Å². The van der Waals surface area contributed by atoms with Gasteiger partial charge in [0.05, 0.1) is 5.39 Å². The summed E-state index contributed by atoms with van der Waals surface area (Å²) in [7, 11) is 0. The van der Waals surface area contributed by atoms with Gasteiger partial charge in [0.25, 0.3) is 0 Å². The number of carbonyl (C=O) groups excluding carboxylic acids is 1. The van der Waals surface area contributed by atoms with Crippen LogP contribution in [0.15, 0.2) is 0 Å². The lowest BCUT2D eigenvalue weighted by atomic mass is 9.96. The molecule has 1 aliphatic heterocycles. The molecule has 1 fully saturated rings. The number of aryl methyl sites for hydroxylation is 2. The van der Waals surface area contributed by atoms with Gasteiger partial charge in [-0.2, -0.15) is 0 Å². The van der Waals surface area contributed by atoms with Crippen LogP contribution in [0.25, 0.3) is 10.2 Å². The van der Waals surface area contributed by atoms with Gasteiger partial charge in [-0.1, -0.05) is 13.8 Å². The summed E-state index contributed by atoms with van der Waals surface area (Å²) in [6, 6.07) is 0. The molecule has 0 spiro atoms. The Morgan fingerprint density at radius 2 is 1.89 bits per heavy atom. The Morgan fingerprint density at radius 3 is 2.59 bits per heavy atom. The third-order valence-electron chi connectivity index (χ3n) is 5.57. The Kier molecular flexibility index (Phi) is 5.55. The molecule has 1 saturated heterocycles. The Hall–Kier alpha value is -1.40. The van der Waals surface area contributed by atoms with Crippen LogP contribution in [-0.2, 0) is 17.6 Å². The molecule has 0 atom stereocenters. The van der Waals surface area contributed by atoms with E-state index in [1.165, 1.54) is 35.1 Å². The first-order valence-corrected chi connectivity index (χ1v) is 11.3. The lowest BCUT2D eigenvalue weighted by Gasteiger charge is -2.36. The normalized spacial score (nSPS) is 17.6. The molecule has 2 aromatic heterocycles. The Labute approximate surface area is 169 Å². The van der Waals surface area contributed by atoms with Crippen LogP contribution in [0.4, 0.5) is 5.82 Å². The van der Waals surface area contributed by atoms with E-state index in [2.05, 4.69) is 18.7 Å². The maximum atomic E-state index is 12.1. The fourth-order valence-electron chi connectivity index (χ4n) is 4.05. The van der Waals surface area contributed by atoms with Crippen LogP contribution in [0, 0.1) is 0 Å². The standard InChI is InChI=1S/C20H27ClN4OS/c1-13(2)18-22-19(25-11-9-24(10-12-25)16(26)7-8-21)17-14-5-3-4-6-15(14)27-20(17)23-18/h13H,3-12H2,1-2H3. The van der Waals surface area contributed by atoms with Gasteiger partial charge >= 0.3 is 0 Å². The lowest BCUT2D eigenvalue weighted by Crippen LogP contribution is -2.49. The Morgan fingerprint density at radius 1 is 1.15 bits per heavy atom. The number of rotatable bonds is 4. The van der Waals surface area contributed by atoms with Crippen LogP contribution in [-0.4, -0.2) is 52.8 Å². The van der Waals surface area contributed by atoms with Crippen molar-refractivity contribution in [1.29, 1.82) is 0 Å². The van der Waals surface area contributed by atoms with E-state index in [4.69, 9.17) is 21.6 Å². The highest BCUT2D eigenvalue weighted by molar-refractivity contribution is 7.19. The van der Waals surface area contributed by atoms with Crippen LogP contribution >= 0.6 is 22.9 Å². The largest absolute Gasteiger partial charge is 0.352 e. The van der Waals surface area contributed by atoms with E-state index >= 15 is 0 Å². The van der Waals surface area contributed by atoms with Gasteiger partial charge in [-0.25, -0.2) is 9.97 Å². The minimum atomic E-state index is 0.160. The molecular formula is C20H27ClN4OS. The van der Waals surface area contributed by atoms with Crippen LogP contribution in [0.5, 0.6) is 0 Å². The molecule has 0 radical (unpaired) electrons. The molecule has 0 aromatic carbocycles. The SMILES string of the molecule is CC(C)c1nc(N2CCN(C(=O)CCCl)CC2)c2c3c(sc2n1)CCCC3. The third-order valence-corrected chi connectivity index (χ3v) is 6.94. The monoisotopic (exact) mass is 406 g/mol. The van der Waals surface area contributed by atoms with Crippen molar-refractivity contribution < 1.29 is 4.79 Å². The van der Waals surface area contributed by atoms with E-state index < -0.39 is 0 Å². The lowest BCUT2D eigenvalue weighted by molar-refractivity contribution is -0.131. The van der Waals surface area contributed by atoms with Crippen molar-refractivity contribution in [2.45, 2.75) is 51.9 Å². The zero-order valence-corrected chi connectivity index (χ0v) is 17.7. The molecule has 5 nitrogen and oxygen atoms in total. The Balaban J connectivity index is 1.68. The minimum absolute atomic E-state index is 0.160.